The number of carbonyl (C=O) groups is 2. The molecule has 1 saturated heterocycles. The molecule has 9 nitrogen and oxygen atoms in total. The number of piperidine rings is 1. The lowest BCUT2D eigenvalue weighted by molar-refractivity contribution is -0.126. The van der Waals surface area contributed by atoms with Gasteiger partial charge in [-0.3, -0.25) is 9.59 Å². The lowest BCUT2D eigenvalue weighted by atomic mass is 9.98. The van der Waals surface area contributed by atoms with Crippen LogP contribution in [0.3, 0.4) is 0 Å². The molecule has 10 heteroatoms. The first-order valence-electron chi connectivity index (χ1n) is 10.3. The summed E-state index contributed by atoms with van der Waals surface area (Å²) in [5.41, 5.74) is 1.17. The van der Waals surface area contributed by atoms with E-state index in [1.54, 1.807) is 7.11 Å². The quantitative estimate of drug-likeness (QED) is 0.680. The first-order chi connectivity index (χ1) is 15.4. The number of amides is 2. The molecule has 2 N–H and O–H groups in total. The molecule has 2 aromatic carbocycles. The molecule has 0 spiro atoms. The fraction of sp³-hybridized carbons (Fsp3) is 0.364. The van der Waals surface area contributed by atoms with Gasteiger partial charge >= 0.3 is 0 Å². The average molecular weight is 460 g/mol. The second kappa shape index (κ2) is 9.17. The molecule has 0 bridgehead atoms. The summed E-state index contributed by atoms with van der Waals surface area (Å²) < 4.78 is 38.4. The monoisotopic (exact) mass is 459 g/mol. The van der Waals surface area contributed by atoms with Gasteiger partial charge in [-0.05, 0) is 37.1 Å². The van der Waals surface area contributed by atoms with Crippen LogP contribution in [0.5, 0.6) is 11.5 Å². The summed E-state index contributed by atoms with van der Waals surface area (Å²) in [6.45, 7) is 0.631. The number of ether oxygens (including phenoxy) is 2. The molecule has 0 unspecified atom stereocenters. The van der Waals surface area contributed by atoms with Crippen molar-refractivity contribution in [2.45, 2.75) is 24.3 Å². The number of rotatable bonds is 6. The zero-order chi connectivity index (χ0) is 22.7. The van der Waals surface area contributed by atoms with Crippen molar-refractivity contribution < 1.29 is 27.5 Å². The Morgan fingerprint density at radius 1 is 1.28 bits per heavy atom. The Balaban J connectivity index is 1.44. The van der Waals surface area contributed by atoms with E-state index in [2.05, 4.69) is 10.6 Å². The normalized spacial score (nSPS) is 18.8. The molecule has 2 aliphatic rings. The SMILES string of the molecule is COc1ccccc1CNC(=O)[C@@H]1CCCN(S(=O)(=O)c2ccc3c(c2)NC(=O)CO3)C1. The number of nitrogens with zero attached hydrogens (tertiary/aromatic N) is 1. The van der Waals surface area contributed by atoms with Gasteiger partial charge in [0, 0.05) is 25.2 Å². The summed E-state index contributed by atoms with van der Waals surface area (Å²) in [4.78, 5) is 24.4. The molecule has 2 aromatic rings. The second-order valence-corrected chi connectivity index (χ2v) is 9.66. The molecule has 2 heterocycles. The van der Waals surface area contributed by atoms with Gasteiger partial charge in [0.2, 0.25) is 15.9 Å². The highest BCUT2D eigenvalue weighted by Gasteiger charge is 2.34. The molecule has 0 saturated carbocycles. The van der Waals surface area contributed by atoms with Crippen LogP contribution < -0.4 is 20.1 Å². The van der Waals surface area contributed by atoms with E-state index in [0.29, 0.717) is 43.1 Å². The number of nitrogens with one attached hydrogen (secondary N) is 2. The van der Waals surface area contributed by atoms with Gasteiger partial charge in [-0.15, -0.1) is 0 Å². The molecule has 170 valence electrons. The van der Waals surface area contributed by atoms with E-state index in [0.717, 1.165) is 5.56 Å². The third kappa shape index (κ3) is 4.56. The van der Waals surface area contributed by atoms with E-state index in [1.165, 1.54) is 22.5 Å². The standard InChI is InChI=1S/C22H25N3O6S/c1-30-19-7-3-2-5-15(19)12-23-22(27)16-6-4-10-25(13-16)32(28,29)17-8-9-20-18(11-17)24-21(26)14-31-20/h2-3,5,7-9,11,16H,4,6,10,12-14H2,1H3,(H,23,27)(H,24,26)/t16-/m1/s1. The van der Waals surface area contributed by atoms with Crippen LogP contribution in [0.1, 0.15) is 18.4 Å². The highest BCUT2D eigenvalue weighted by atomic mass is 32.2. The van der Waals surface area contributed by atoms with Gasteiger partial charge < -0.3 is 20.1 Å². The Hall–Kier alpha value is -3.11. The van der Waals surface area contributed by atoms with Crippen LogP contribution in [0.25, 0.3) is 0 Å². The summed E-state index contributed by atoms with van der Waals surface area (Å²) in [6.07, 6.45) is 1.19. The molecule has 0 aliphatic carbocycles. The molecule has 1 fully saturated rings. The maximum Gasteiger partial charge on any atom is 0.262 e. The topological polar surface area (TPSA) is 114 Å². The van der Waals surface area contributed by atoms with Crippen molar-refractivity contribution in [2.24, 2.45) is 5.92 Å². The Labute approximate surface area is 186 Å². The molecule has 2 aliphatic heterocycles. The third-order valence-corrected chi connectivity index (χ3v) is 7.48. The predicted molar refractivity (Wildman–Crippen MR) is 117 cm³/mol. The van der Waals surface area contributed by atoms with Crippen molar-refractivity contribution in [2.75, 3.05) is 32.1 Å². The zero-order valence-electron chi connectivity index (χ0n) is 17.7. The number of benzene rings is 2. The average Bonchev–Trinajstić information content (AvgIpc) is 2.82. The number of anilines is 1. The number of sulfonamides is 1. The Morgan fingerprint density at radius 3 is 2.91 bits per heavy atom. The smallest absolute Gasteiger partial charge is 0.262 e. The minimum absolute atomic E-state index is 0.0529. The van der Waals surface area contributed by atoms with Gasteiger partial charge in [-0.25, -0.2) is 8.42 Å². The Kier molecular flexibility index (Phi) is 6.33. The van der Waals surface area contributed by atoms with Crippen molar-refractivity contribution in [1.29, 1.82) is 0 Å². The van der Waals surface area contributed by atoms with Crippen LogP contribution in [0.4, 0.5) is 5.69 Å². The molecule has 2 amide bonds. The van der Waals surface area contributed by atoms with E-state index in [-0.39, 0.29) is 29.9 Å². The highest BCUT2D eigenvalue weighted by molar-refractivity contribution is 7.89. The highest BCUT2D eigenvalue weighted by Crippen LogP contribution is 2.32. The van der Waals surface area contributed by atoms with E-state index in [1.807, 2.05) is 24.3 Å². The van der Waals surface area contributed by atoms with Crippen LogP contribution in [0, 0.1) is 5.92 Å². The van der Waals surface area contributed by atoms with Gasteiger partial charge in [0.25, 0.3) is 5.91 Å². The Morgan fingerprint density at radius 2 is 2.09 bits per heavy atom. The lowest BCUT2D eigenvalue weighted by Gasteiger charge is -2.31. The van der Waals surface area contributed by atoms with Gasteiger partial charge in [0.05, 0.1) is 23.6 Å². The molecule has 32 heavy (non-hydrogen) atoms. The Bertz CT molecular complexity index is 1130. The largest absolute Gasteiger partial charge is 0.496 e. The fourth-order valence-electron chi connectivity index (χ4n) is 3.92. The maximum atomic E-state index is 13.2. The minimum atomic E-state index is -3.83. The summed E-state index contributed by atoms with van der Waals surface area (Å²) in [7, 11) is -2.26. The van der Waals surface area contributed by atoms with Crippen molar-refractivity contribution >= 4 is 27.5 Å². The number of para-hydroxylation sites is 1. The maximum absolute atomic E-state index is 13.2. The van der Waals surface area contributed by atoms with Crippen LogP contribution >= 0.6 is 0 Å². The summed E-state index contributed by atoms with van der Waals surface area (Å²) in [5, 5.41) is 5.52. The fourth-order valence-corrected chi connectivity index (χ4v) is 5.47. The van der Waals surface area contributed by atoms with Crippen LogP contribution in [-0.2, 0) is 26.2 Å². The van der Waals surface area contributed by atoms with Crippen LogP contribution in [0.15, 0.2) is 47.4 Å². The van der Waals surface area contributed by atoms with Crippen LogP contribution in [0.2, 0.25) is 0 Å². The van der Waals surface area contributed by atoms with E-state index in [4.69, 9.17) is 9.47 Å². The summed E-state index contributed by atoms with van der Waals surface area (Å²) >= 11 is 0. The van der Waals surface area contributed by atoms with Crippen molar-refractivity contribution in [3.8, 4) is 11.5 Å². The molecule has 0 radical (unpaired) electrons. The number of methoxy groups -OCH3 is 1. The zero-order valence-corrected chi connectivity index (χ0v) is 18.5. The van der Waals surface area contributed by atoms with Crippen molar-refractivity contribution in [3.05, 3.63) is 48.0 Å². The van der Waals surface area contributed by atoms with Gasteiger partial charge in [-0.1, -0.05) is 18.2 Å². The second-order valence-electron chi connectivity index (χ2n) is 7.73. The number of hydrogen-bond donors (Lipinski definition) is 2. The lowest BCUT2D eigenvalue weighted by Crippen LogP contribution is -2.45. The minimum Gasteiger partial charge on any atom is -0.496 e. The number of carbonyl (C=O) groups excluding carboxylic acids is 2. The summed E-state index contributed by atoms with van der Waals surface area (Å²) in [5.74, 6) is 0.132. The molecule has 0 aromatic heterocycles. The van der Waals surface area contributed by atoms with E-state index < -0.39 is 15.9 Å². The molecule has 4 rings (SSSR count). The van der Waals surface area contributed by atoms with Gasteiger partial charge in [-0.2, -0.15) is 4.31 Å². The first kappa shape index (κ1) is 22.1. The number of hydrogen-bond acceptors (Lipinski definition) is 6. The van der Waals surface area contributed by atoms with Gasteiger partial charge in [0.1, 0.15) is 11.5 Å². The van der Waals surface area contributed by atoms with Gasteiger partial charge in [0.15, 0.2) is 6.61 Å². The van der Waals surface area contributed by atoms with Crippen molar-refractivity contribution in [1.82, 2.24) is 9.62 Å². The van der Waals surface area contributed by atoms with Crippen LogP contribution in [-0.4, -0.2) is 51.3 Å². The summed E-state index contributed by atoms with van der Waals surface area (Å²) in [6, 6.07) is 11.8. The molecular weight excluding hydrogens is 434 g/mol. The van der Waals surface area contributed by atoms with E-state index >= 15 is 0 Å². The molecule has 1 atom stereocenters. The third-order valence-electron chi connectivity index (χ3n) is 5.62. The van der Waals surface area contributed by atoms with Crippen molar-refractivity contribution in [3.63, 3.8) is 0 Å². The predicted octanol–water partition coefficient (Wildman–Crippen LogP) is 1.74. The first-order valence-corrected chi connectivity index (χ1v) is 11.8. The molecular formula is C22H25N3O6S. The number of fused-ring (bicyclic) bond motifs is 1. The van der Waals surface area contributed by atoms with E-state index in [9.17, 15) is 18.0 Å².